The van der Waals surface area contributed by atoms with Gasteiger partial charge in [-0.2, -0.15) is 0 Å². The summed E-state index contributed by atoms with van der Waals surface area (Å²) in [4.78, 5) is 27.5. The Balaban J connectivity index is 1.54. The predicted octanol–water partition coefficient (Wildman–Crippen LogP) is 4.98. The number of likely N-dealkylation sites (N-methyl/N-ethyl adjacent to an activating group) is 1. The monoisotopic (exact) mass is 552 g/mol. The van der Waals surface area contributed by atoms with Gasteiger partial charge in [0.15, 0.2) is 0 Å². The Morgan fingerprint density at radius 1 is 1.26 bits per heavy atom. The van der Waals surface area contributed by atoms with Crippen LogP contribution in [-0.2, 0) is 15.1 Å². The van der Waals surface area contributed by atoms with Crippen LogP contribution in [0.5, 0.6) is 0 Å². The van der Waals surface area contributed by atoms with Crippen molar-refractivity contribution in [2.24, 2.45) is 0 Å². The Kier molecular flexibility index (Phi) is 5.75. The molecule has 3 heterocycles. The van der Waals surface area contributed by atoms with Gasteiger partial charge < -0.3 is 21.1 Å². The zero-order valence-corrected chi connectivity index (χ0v) is 21.7. The van der Waals surface area contributed by atoms with Crippen molar-refractivity contribution < 1.29 is 19.1 Å². The van der Waals surface area contributed by atoms with Crippen molar-refractivity contribution in [1.82, 2.24) is 10.2 Å². The van der Waals surface area contributed by atoms with E-state index in [0.29, 0.717) is 34.8 Å². The van der Waals surface area contributed by atoms with Crippen molar-refractivity contribution in [3.05, 3.63) is 98.5 Å². The Labute approximate surface area is 228 Å². The number of fused-ring (bicyclic) bond motifs is 3. The van der Waals surface area contributed by atoms with Crippen molar-refractivity contribution in [1.29, 1.82) is 5.41 Å². The van der Waals surface area contributed by atoms with Crippen molar-refractivity contribution in [3.63, 3.8) is 0 Å². The van der Waals surface area contributed by atoms with E-state index in [0.717, 1.165) is 11.3 Å². The summed E-state index contributed by atoms with van der Waals surface area (Å²) in [7, 11) is 0. The summed E-state index contributed by atoms with van der Waals surface area (Å²) >= 11 is 12.5. The van der Waals surface area contributed by atoms with E-state index in [2.05, 4.69) is 15.5 Å². The first-order valence-electron chi connectivity index (χ1n) is 12.2. The van der Waals surface area contributed by atoms with Crippen LogP contribution in [0, 0.1) is 11.2 Å². The maximum Gasteiger partial charge on any atom is 0.335 e. The second-order valence-corrected chi connectivity index (χ2v) is 10.6. The highest BCUT2D eigenvalue weighted by Gasteiger charge is 2.68. The van der Waals surface area contributed by atoms with Crippen LogP contribution in [0.15, 0.2) is 71.5 Å². The molecule has 4 aliphatic rings. The number of anilines is 1. The van der Waals surface area contributed by atoms with Crippen molar-refractivity contribution >= 4 is 46.5 Å². The second kappa shape index (κ2) is 8.80. The summed E-state index contributed by atoms with van der Waals surface area (Å²) < 4.78 is 15.7. The highest BCUT2D eigenvalue weighted by molar-refractivity contribution is 6.31. The topological polar surface area (TPSA) is 106 Å². The molecule has 2 fully saturated rings. The Morgan fingerprint density at radius 2 is 2.05 bits per heavy atom. The average Bonchev–Trinajstić information content (AvgIpc) is 3.49. The predicted molar refractivity (Wildman–Crippen MR) is 143 cm³/mol. The third kappa shape index (κ3) is 3.33. The summed E-state index contributed by atoms with van der Waals surface area (Å²) in [6, 6.07) is 9.48. The lowest BCUT2D eigenvalue weighted by atomic mass is 9.73. The molecule has 4 N–H and O–H groups in total. The largest absolute Gasteiger partial charge is 0.478 e. The van der Waals surface area contributed by atoms with E-state index in [1.807, 2.05) is 13.0 Å². The van der Waals surface area contributed by atoms with Gasteiger partial charge in [-0.25, -0.2) is 9.18 Å². The maximum atomic E-state index is 15.7. The van der Waals surface area contributed by atoms with Crippen LogP contribution in [0.1, 0.15) is 30.4 Å². The van der Waals surface area contributed by atoms with Crippen LogP contribution < -0.4 is 10.6 Å². The van der Waals surface area contributed by atoms with E-state index in [-0.39, 0.29) is 28.3 Å². The van der Waals surface area contributed by atoms with Gasteiger partial charge in [0.2, 0.25) is 5.91 Å². The Morgan fingerprint density at radius 3 is 2.76 bits per heavy atom. The summed E-state index contributed by atoms with van der Waals surface area (Å²) in [5.41, 5.74) is 1.85. The smallest absolute Gasteiger partial charge is 0.335 e. The van der Waals surface area contributed by atoms with Gasteiger partial charge in [0.25, 0.3) is 0 Å². The fourth-order valence-corrected chi connectivity index (χ4v) is 7.03. The fraction of sp³-hybridized carbons (Fsp3) is 0.250. The number of hydrogen-bond donors (Lipinski definition) is 4. The van der Waals surface area contributed by atoms with Gasteiger partial charge in [0, 0.05) is 45.9 Å². The molecule has 10 heteroatoms. The Bertz CT molecular complexity index is 1530. The number of carboxylic acids is 1. The van der Waals surface area contributed by atoms with Crippen molar-refractivity contribution in [2.75, 3.05) is 11.9 Å². The van der Waals surface area contributed by atoms with Crippen LogP contribution >= 0.6 is 23.2 Å². The van der Waals surface area contributed by atoms with E-state index in [4.69, 9.17) is 28.6 Å². The van der Waals surface area contributed by atoms with Crippen molar-refractivity contribution in [2.45, 2.75) is 36.9 Å². The fourth-order valence-electron chi connectivity index (χ4n) is 6.68. The van der Waals surface area contributed by atoms with Crippen LogP contribution in [0.3, 0.4) is 0 Å². The second-order valence-electron chi connectivity index (χ2n) is 9.80. The summed E-state index contributed by atoms with van der Waals surface area (Å²) in [6.07, 6.45) is 4.87. The number of nitrogens with one attached hydrogen (secondary N) is 3. The van der Waals surface area contributed by atoms with Crippen LogP contribution in [0.25, 0.3) is 0 Å². The molecule has 3 aliphatic heterocycles. The molecule has 2 saturated heterocycles. The number of likely N-dealkylation sites (tertiary alicyclic amines) is 1. The summed E-state index contributed by atoms with van der Waals surface area (Å²) in [6.45, 7) is 2.46. The number of rotatable bonds is 3. The lowest BCUT2D eigenvalue weighted by Crippen LogP contribution is -2.52. The number of hydrogen-bond acceptors (Lipinski definition) is 5. The minimum atomic E-state index is -1.22. The molecule has 4 atom stereocenters. The molecule has 0 saturated carbocycles. The minimum absolute atomic E-state index is 0.0289. The number of allylic oxidation sites excluding steroid dienone is 3. The van der Waals surface area contributed by atoms with E-state index in [9.17, 15) is 14.7 Å². The molecule has 1 amide bonds. The van der Waals surface area contributed by atoms with Crippen LogP contribution in [0.4, 0.5) is 10.1 Å². The molecule has 2 aromatic rings. The van der Waals surface area contributed by atoms with Gasteiger partial charge in [0.1, 0.15) is 11.4 Å². The first-order chi connectivity index (χ1) is 18.2. The zero-order valence-electron chi connectivity index (χ0n) is 20.2. The molecule has 1 aliphatic carbocycles. The Hall–Kier alpha value is -3.46. The van der Waals surface area contributed by atoms with Gasteiger partial charge in [0.05, 0.1) is 22.3 Å². The molecular weight excluding hydrogens is 530 g/mol. The lowest BCUT2D eigenvalue weighted by molar-refractivity contribution is -0.132. The molecule has 0 aromatic heterocycles. The van der Waals surface area contributed by atoms with Gasteiger partial charge in [-0.05, 0) is 42.5 Å². The number of carbonyl (C=O) groups is 2. The molecule has 7 nitrogen and oxygen atoms in total. The highest BCUT2D eigenvalue weighted by Crippen LogP contribution is 2.59. The molecule has 38 heavy (non-hydrogen) atoms. The number of benzene rings is 2. The van der Waals surface area contributed by atoms with Crippen LogP contribution in [-0.4, -0.2) is 46.2 Å². The minimum Gasteiger partial charge on any atom is -0.478 e. The summed E-state index contributed by atoms with van der Waals surface area (Å²) in [5.74, 6) is -2.61. The molecule has 6 rings (SSSR count). The average molecular weight is 553 g/mol. The van der Waals surface area contributed by atoms with E-state index < -0.39 is 29.3 Å². The highest BCUT2D eigenvalue weighted by atomic mass is 35.5. The normalized spacial score (nSPS) is 29.8. The lowest BCUT2D eigenvalue weighted by Gasteiger charge is -2.39. The van der Waals surface area contributed by atoms with Gasteiger partial charge in [-0.3, -0.25) is 9.69 Å². The number of carboxylic acid groups (broad SMARTS) is 1. The molecule has 2 aromatic carbocycles. The molecule has 0 radical (unpaired) electrons. The third-order valence-corrected chi connectivity index (χ3v) is 8.59. The van der Waals surface area contributed by atoms with Crippen molar-refractivity contribution in [3.8, 4) is 0 Å². The van der Waals surface area contributed by atoms with Gasteiger partial charge in [-0.15, -0.1) is 0 Å². The summed E-state index contributed by atoms with van der Waals surface area (Å²) in [5, 5.41) is 24.7. The number of nitrogens with zero attached hydrogens (tertiary/aromatic N) is 1. The first kappa shape index (κ1) is 24.9. The number of aliphatic carboxylic acids is 1. The standard InChI is InChI=1S/C28H23Cl2FN4O3/c1-2-35-22-12-20(15-8-6-13(26(36)37)10-19(15)32)33-25(22)23(16-4-3-5-18(30)24(16)31)28(35)17-9-7-14(29)11-21(17)34-27(28)38/h3-11,22-23,25,32-33H,2,12H2,1H3,(H,34,38)(H,36,37)/b20-15-,32-19?/t22?,23-,25+,28?/m0/s1. The molecule has 0 bridgehead atoms. The van der Waals surface area contributed by atoms with Crippen LogP contribution in [0.2, 0.25) is 10.0 Å². The van der Waals surface area contributed by atoms with E-state index >= 15 is 4.39 Å². The molecular formula is C28H23Cl2FN4O3. The molecule has 194 valence electrons. The van der Waals surface area contributed by atoms with Gasteiger partial charge >= 0.3 is 5.97 Å². The molecule has 1 spiro atoms. The van der Waals surface area contributed by atoms with E-state index in [1.165, 1.54) is 18.2 Å². The number of carbonyl (C=O) groups excluding carboxylic acids is 1. The zero-order chi connectivity index (χ0) is 26.9. The first-order valence-corrected chi connectivity index (χ1v) is 13.0. The quantitative estimate of drug-likeness (QED) is 0.429. The van der Waals surface area contributed by atoms with Gasteiger partial charge in [-0.1, -0.05) is 54.4 Å². The maximum absolute atomic E-state index is 15.7. The number of amides is 1. The SMILES string of the molecule is CCN1C2C/C(=C3\C=CC(C(=O)O)=CC3=N)N[C@H]2[C@H](c2cccc(Cl)c2F)C12C(=O)Nc1cc(Cl)ccc12. The molecule has 2 unspecified atom stereocenters. The third-order valence-electron chi connectivity index (χ3n) is 8.07. The number of halogens is 3. The van der Waals surface area contributed by atoms with E-state index in [1.54, 1.807) is 30.3 Å².